The van der Waals surface area contributed by atoms with Gasteiger partial charge in [0.15, 0.2) is 0 Å². The van der Waals surface area contributed by atoms with Crippen molar-refractivity contribution >= 4 is 11.6 Å². The van der Waals surface area contributed by atoms with Crippen molar-refractivity contribution in [1.29, 1.82) is 0 Å². The van der Waals surface area contributed by atoms with Crippen LogP contribution < -0.4 is 0 Å². The molecule has 0 amide bonds. The second-order valence-electron chi connectivity index (χ2n) is 4.14. The Morgan fingerprint density at radius 1 is 1.71 bits per heavy atom. The molecule has 0 bridgehead atoms. The van der Waals surface area contributed by atoms with E-state index < -0.39 is 0 Å². The molecule has 1 fully saturated rings. The molecule has 2 heterocycles. The van der Waals surface area contributed by atoms with Gasteiger partial charge < -0.3 is 4.74 Å². The molecule has 3 nitrogen and oxygen atoms in total. The van der Waals surface area contributed by atoms with Crippen LogP contribution in [0.4, 0.5) is 0 Å². The highest BCUT2D eigenvalue weighted by Gasteiger charge is 2.34. The summed E-state index contributed by atoms with van der Waals surface area (Å²) in [7, 11) is 1.93. The number of rotatable bonds is 3. The molecule has 1 atom stereocenters. The lowest BCUT2D eigenvalue weighted by Crippen LogP contribution is -2.25. The molecule has 0 radical (unpaired) electrons. The number of aryl methyl sites for hydroxylation is 1. The third kappa shape index (κ3) is 1.93. The number of ether oxygens (including phenoxy) is 1. The minimum atomic E-state index is 0.143. The summed E-state index contributed by atoms with van der Waals surface area (Å²) in [4.78, 5) is 0. The number of aromatic nitrogens is 2. The predicted molar refractivity (Wildman–Crippen MR) is 55.5 cm³/mol. The third-order valence-corrected chi connectivity index (χ3v) is 3.37. The molecule has 4 heteroatoms. The van der Waals surface area contributed by atoms with E-state index in [1.807, 2.05) is 24.1 Å². The summed E-state index contributed by atoms with van der Waals surface area (Å²) in [5, 5.41) is 4.16. The molecule has 1 aliphatic heterocycles. The van der Waals surface area contributed by atoms with Crippen LogP contribution in [0, 0.1) is 5.41 Å². The Morgan fingerprint density at radius 3 is 3.07 bits per heavy atom. The first kappa shape index (κ1) is 9.99. The highest BCUT2D eigenvalue weighted by Crippen LogP contribution is 2.33. The van der Waals surface area contributed by atoms with Gasteiger partial charge in [0.05, 0.1) is 12.8 Å². The largest absolute Gasteiger partial charge is 0.381 e. The molecule has 1 aliphatic rings. The number of nitrogens with zero attached hydrogens (tertiary/aromatic N) is 2. The Balaban J connectivity index is 2.08. The molecule has 2 rings (SSSR count). The molecule has 1 saturated heterocycles. The average molecular weight is 215 g/mol. The van der Waals surface area contributed by atoms with Crippen molar-refractivity contribution in [3.05, 3.63) is 18.0 Å². The van der Waals surface area contributed by atoms with Crippen molar-refractivity contribution < 1.29 is 4.74 Å². The quantitative estimate of drug-likeness (QED) is 0.715. The number of halogens is 1. The fraction of sp³-hybridized carbons (Fsp3) is 0.700. The molecular formula is C10H15ClN2O. The maximum absolute atomic E-state index is 6.01. The first-order chi connectivity index (χ1) is 6.74. The van der Waals surface area contributed by atoms with Crippen LogP contribution in [0.2, 0.25) is 0 Å². The Hall–Kier alpha value is -0.540. The van der Waals surface area contributed by atoms with Gasteiger partial charge in [0.1, 0.15) is 0 Å². The Kier molecular flexibility index (Phi) is 2.79. The molecule has 1 aromatic rings. The lowest BCUT2D eigenvalue weighted by Gasteiger charge is -2.23. The van der Waals surface area contributed by atoms with Crippen molar-refractivity contribution in [1.82, 2.24) is 9.78 Å². The fourth-order valence-corrected chi connectivity index (χ4v) is 2.24. The van der Waals surface area contributed by atoms with E-state index in [2.05, 4.69) is 5.10 Å². The topological polar surface area (TPSA) is 27.1 Å². The van der Waals surface area contributed by atoms with Gasteiger partial charge in [-0.1, -0.05) is 0 Å². The van der Waals surface area contributed by atoms with E-state index in [1.54, 1.807) is 0 Å². The van der Waals surface area contributed by atoms with Crippen molar-refractivity contribution in [3.63, 3.8) is 0 Å². The van der Waals surface area contributed by atoms with Crippen molar-refractivity contribution in [3.8, 4) is 0 Å². The van der Waals surface area contributed by atoms with Crippen LogP contribution in [0.15, 0.2) is 12.4 Å². The Morgan fingerprint density at radius 2 is 2.57 bits per heavy atom. The first-order valence-electron chi connectivity index (χ1n) is 4.85. The van der Waals surface area contributed by atoms with Gasteiger partial charge in [0, 0.05) is 31.1 Å². The average Bonchev–Trinajstić information content (AvgIpc) is 2.77. The first-order valence-corrected chi connectivity index (χ1v) is 5.39. The smallest absolute Gasteiger partial charge is 0.0537 e. The molecule has 1 aromatic heterocycles. The van der Waals surface area contributed by atoms with Gasteiger partial charge in [0.25, 0.3) is 0 Å². The van der Waals surface area contributed by atoms with E-state index in [0.717, 1.165) is 26.1 Å². The van der Waals surface area contributed by atoms with E-state index in [1.165, 1.54) is 5.56 Å². The maximum Gasteiger partial charge on any atom is 0.0537 e. The fourth-order valence-electron chi connectivity index (χ4n) is 1.94. The molecule has 1 unspecified atom stereocenters. The molecule has 0 aliphatic carbocycles. The summed E-state index contributed by atoms with van der Waals surface area (Å²) >= 11 is 6.01. The minimum Gasteiger partial charge on any atom is -0.381 e. The van der Waals surface area contributed by atoms with E-state index >= 15 is 0 Å². The molecule has 14 heavy (non-hydrogen) atoms. The van der Waals surface area contributed by atoms with Crippen LogP contribution in [0.1, 0.15) is 12.0 Å². The predicted octanol–water partition coefficient (Wildman–Crippen LogP) is 1.61. The summed E-state index contributed by atoms with van der Waals surface area (Å²) < 4.78 is 7.25. The van der Waals surface area contributed by atoms with E-state index in [-0.39, 0.29) is 5.41 Å². The summed E-state index contributed by atoms with van der Waals surface area (Å²) in [6.07, 6.45) is 6.00. The van der Waals surface area contributed by atoms with E-state index in [0.29, 0.717) is 5.88 Å². The summed E-state index contributed by atoms with van der Waals surface area (Å²) in [6.45, 7) is 1.62. The zero-order chi connectivity index (χ0) is 10.0. The minimum absolute atomic E-state index is 0.143. The third-order valence-electron chi connectivity index (χ3n) is 2.81. The highest BCUT2D eigenvalue weighted by molar-refractivity contribution is 6.18. The normalized spacial score (nSPS) is 27.0. The van der Waals surface area contributed by atoms with Crippen LogP contribution in [-0.2, 0) is 18.2 Å². The van der Waals surface area contributed by atoms with E-state index in [9.17, 15) is 0 Å². The van der Waals surface area contributed by atoms with Crippen molar-refractivity contribution in [2.24, 2.45) is 12.5 Å². The van der Waals surface area contributed by atoms with Crippen molar-refractivity contribution in [2.75, 3.05) is 19.1 Å². The second-order valence-corrected chi connectivity index (χ2v) is 4.40. The molecule has 0 saturated carbocycles. The van der Waals surface area contributed by atoms with Gasteiger partial charge in [0.2, 0.25) is 0 Å². The Labute approximate surface area is 89.0 Å². The summed E-state index contributed by atoms with van der Waals surface area (Å²) in [5.41, 5.74) is 1.39. The zero-order valence-corrected chi connectivity index (χ0v) is 9.13. The summed E-state index contributed by atoms with van der Waals surface area (Å²) in [5.74, 6) is 0.669. The van der Waals surface area contributed by atoms with Gasteiger partial charge in [-0.15, -0.1) is 11.6 Å². The monoisotopic (exact) mass is 214 g/mol. The van der Waals surface area contributed by atoms with Gasteiger partial charge in [-0.05, 0) is 18.4 Å². The lowest BCUT2D eigenvalue weighted by atomic mass is 9.84. The zero-order valence-electron chi connectivity index (χ0n) is 8.37. The standard InChI is InChI=1S/C10H15ClN2O/c1-13-6-9(5-12-13)4-10(7-11)2-3-14-8-10/h5-6H,2-4,7-8H2,1H3. The van der Waals surface area contributed by atoms with Gasteiger partial charge >= 0.3 is 0 Å². The SMILES string of the molecule is Cn1cc(CC2(CCl)CCOC2)cn1. The van der Waals surface area contributed by atoms with Crippen molar-refractivity contribution in [2.45, 2.75) is 12.8 Å². The highest BCUT2D eigenvalue weighted by atomic mass is 35.5. The molecular weight excluding hydrogens is 200 g/mol. The number of hydrogen-bond donors (Lipinski definition) is 0. The van der Waals surface area contributed by atoms with Crippen LogP contribution in [0.5, 0.6) is 0 Å². The maximum atomic E-state index is 6.01. The van der Waals surface area contributed by atoms with Gasteiger partial charge in [-0.25, -0.2) is 0 Å². The van der Waals surface area contributed by atoms with Crippen LogP contribution in [0.3, 0.4) is 0 Å². The lowest BCUT2D eigenvalue weighted by molar-refractivity contribution is 0.161. The van der Waals surface area contributed by atoms with Crippen LogP contribution in [-0.4, -0.2) is 28.9 Å². The van der Waals surface area contributed by atoms with Crippen LogP contribution in [0.25, 0.3) is 0 Å². The molecule has 0 aromatic carbocycles. The number of alkyl halides is 1. The van der Waals surface area contributed by atoms with Gasteiger partial charge in [-0.3, -0.25) is 4.68 Å². The summed E-state index contributed by atoms with van der Waals surface area (Å²) in [6, 6.07) is 0. The second kappa shape index (κ2) is 3.91. The number of hydrogen-bond acceptors (Lipinski definition) is 2. The van der Waals surface area contributed by atoms with E-state index in [4.69, 9.17) is 16.3 Å². The Bertz CT molecular complexity index is 305. The molecule has 0 spiro atoms. The van der Waals surface area contributed by atoms with Gasteiger partial charge in [-0.2, -0.15) is 5.10 Å². The molecule has 0 N–H and O–H groups in total. The van der Waals surface area contributed by atoms with Crippen LogP contribution >= 0.6 is 11.6 Å². The molecule has 78 valence electrons.